The lowest BCUT2D eigenvalue weighted by atomic mass is 10.1. The molecule has 5 nitrogen and oxygen atoms in total. The normalized spacial score (nSPS) is 11.6. The molecule has 2 heterocycles. The maximum Gasteiger partial charge on any atom is 0.198 e. The quantitative estimate of drug-likeness (QED) is 0.765. The first-order valence-corrected chi connectivity index (χ1v) is 6.25. The monoisotopic (exact) mass is 256 g/mol. The summed E-state index contributed by atoms with van der Waals surface area (Å²) in [4.78, 5) is 4.50. The number of aryl methyl sites for hydroxylation is 1. The second-order valence-electron chi connectivity index (χ2n) is 4.97. The van der Waals surface area contributed by atoms with Crippen molar-refractivity contribution in [2.24, 2.45) is 7.05 Å². The molecule has 1 aromatic carbocycles. The summed E-state index contributed by atoms with van der Waals surface area (Å²) in [6.07, 6.45) is 0. The van der Waals surface area contributed by atoms with Gasteiger partial charge in [-0.3, -0.25) is 4.68 Å². The molecule has 19 heavy (non-hydrogen) atoms. The molecule has 0 amide bonds. The van der Waals surface area contributed by atoms with Gasteiger partial charge in [-0.25, -0.2) is 4.98 Å². The molecular formula is C14H16N4O. The van der Waals surface area contributed by atoms with Crippen molar-refractivity contribution in [2.75, 3.05) is 5.73 Å². The number of benzene rings is 1. The SMILES string of the molecule is CC(C)c1nc2cc(-c3cc(N)n(C)n3)ccc2o1. The second kappa shape index (κ2) is 4.12. The van der Waals surface area contributed by atoms with E-state index in [1.165, 1.54) is 0 Å². The van der Waals surface area contributed by atoms with E-state index in [2.05, 4.69) is 23.9 Å². The lowest BCUT2D eigenvalue weighted by molar-refractivity contribution is 0.501. The standard InChI is InChI=1S/C14H16N4O/c1-8(2)14-16-11-6-9(4-5-12(11)19-14)10-7-13(15)18(3)17-10/h4-8H,15H2,1-3H3. The largest absolute Gasteiger partial charge is 0.440 e. The number of rotatable bonds is 2. The number of nitrogens with zero attached hydrogens (tertiary/aromatic N) is 3. The van der Waals surface area contributed by atoms with Gasteiger partial charge in [0.25, 0.3) is 0 Å². The van der Waals surface area contributed by atoms with Crippen molar-refractivity contribution in [1.82, 2.24) is 14.8 Å². The third-order valence-corrected chi connectivity index (χ3v) is 3.11. The summed E-state index contributed by atoms with van der Waals surface area (Å²) >= 11 is 0. The third-order valence-electron chi connectivity index (χ3n) is 3.11. The molecule has 0 fully saturated rings. The molecule has 0 aliphatic rings. The molecule has 2 aromatic heterocycles. The molecule has 0 atom stereocenters. The van der Waals surface area contributed by atoms with Gasteiger partial charge in [0.05, 0.1) is 5.69 Å². The second-order valence-corrected chi connectivity index (χ2v) is 4.97. The van der Waals surface area contributed by atoms with Crippen LogP contribution in [0.1, 0.15) is 25.7 Å². The van der Waals surface area contributed by atoms with Gasteiger partial charge in [-0.1, -0.05) is 13.8 Å². The molecule has 0 spiro atoms. The Morgan fingerprint density at radius 2 is 2.05 bits per heavy atom. The van der Waals surface area contributed by atoms with Crippen molar-refractivity contribution in [2.45, 2.75) is 19.8 Å². The van der Waals surface area contributed by atoms with E-state index in [0.29, 0.717) is 5.82 Å². The maximum atomic E-state index is 5.80. The van der Waals surface area contributed by atoms with Crippen molar-refractivity contribution >= 4 is 16.9 Å². The van der Waals surface area contributed by atoms with Crippen LogP contribution in [-0.4, -0.2) is 14.8 Å². The van der Waals surface area contributed by atoms with Crippen molar-refractivity contribution in [1.29, 1.82) is 0 Å². The van der Waals surface area contributed by atoms with Gasteiger partial charge < -0.3 is 10.2 Å². The fraction of sp³-hybridized carbons (Fsp3) is 0.286. The summed E-state index contributed by atoms with van der Waals surface area (Å²) in [5, 5.41) is 4.36. The Kier molecular flexibility index (Phi) is 2.55. The predicted molar refractivity (Wildman–Crippen MR) is 74.7 cm³/mol. The number of hydrogen-bond acceptors (Lipinski definition) is 4. The Hall–Kier alpha value is -2.30. The van der Waals surface area contributed by atoms with E-state index < -0.39 is 0 Å². The highest BCUT2D eigenvalue weighted by Gasteiger charge is 2.11. The number of hydrogen-bond donors (Lipinski definition) is 1. The molecule has 3 aromatic rings. The predicted octanol–water partition coefficient (Wildman–Crippen LogP) is 2.93. The first kappa shape index (κ1) is 11.8. The van der Waals surface area contributed by atoms with Crippen molar-refractivity contribution in [3.63, 3.8) is 0 Å². The van der Waals surface area contributed by atoms with Gasteiger partial charge in [0, 0.05) is 24.6 Å². The molecule has 0 unspecified atom stereocenters. The van der Waals surface area contributed by atoms with E-state index in [0.717, 1.165) is 28.2 Å². The molecule has 0 aliphatic heterocycles. The van der Waals surface area contributed by atoms with E-state index in [-0.39, 0.29) is 5.92 Å². The molecule has 3 rings (SSSR count). The average molecular weight is 256 g/mol. The minimum absolute atomic E-state index is 0.279. The number of fused-ring (bicyclic) bond motifs is 1. The maximum absolute atomic E-state index is 5.80. The van der Waals surface area contributed by atoms with Crippen molar-refractivity contribution < 1.29 is 4.42 Å². The molecule has 0 aliphatic carbocycles. The fourth-order valence-corrected chi connectivity index (χ4v) is 1.97. The zero-order chi connectivity index (χ0) is 13.6. The summed E-state index contributed by atoms with van der Waals surface area (Å²) in [6, 6.07) is 7.73. The van der Waals surface area contributed by atoms with E-state index >= 15 is 0 Å². The van der Waals surface area contributed by atoms with Crippen LogP contribution in [0.15, 0.2) is 28.7 Å². The summed E-state index contributed by atoms with van der Waals surface area (Å²) in [6.45, 7) is 4.12. The molecule has 0 saturated carbocycles. The summed E-state index contributed by atoms with van der Waals surface area (Å²) in [5.41, 5.74) is 9.29. The Balaban J connectivity index is 2.10. The molecule has 5 heteroatoms. The summed E-state index contributed by atoms with van der Waals surface area (Å²) < 4.78 is 7.34. The lowest BCUT2D eigenvalue weighted by Crippen LogP contribution is -1.96. The van der Waals surface area contributed by atoms with E-state index in [1.807, 2.05) is 31.3 Å². The smallest absolute Gasteiger partial charge is 0.198 e. The van der Waals surface area contributed by atoms with Crippen molar-refractivity contribution in [3.05, 3.63) is 30.2 Å². The minimum Gasteiger partial charge on any atom is -0.440 e. The van der Waals surface area contributed by atoms with Gasteiger partial charge in [0.1, 0.15) is 11.3 Å². The average Bonchev–Trinajstić information content (AvgIpc) is 2.93. The number of nitrogen functional groups attached to an aromatic ring is 1. The zero-order valence-electron chi connectivity index (χ0n) is 11.2. The van der Waals surface area contributed by atoms with E-state index in [4.69, 9.17) is 10.2 Å². The van der Waals surface area contributed by atoms with Crippen LogP contribution in [0.2, 0.25) is 0 Å². The molecule has 98 valence electrons. The fourth-order valence-electron chi connectivity index (χ4n) is 1.97. The van der Waals surface area contributed by atoms with Crippen LogP contribution >= 0.6 is 0 Å². The molecule has 0 radical (unpaired) electrons. The number of anilines is 1. The van der Waals surface area contributed by atoms with Gasteiger partial charge >= 0.3 is 0 Å². The number of oxazole rings is 1. The van der Waals surface area contributed by atoms with Crippen LogP contribution in [0.25, 0.3) is 22.4 Å². The lowest BCUT2D eigenvalue weighted by Gasteiger charge is -1.95. The molecule has 2 N–H and O–H groups in total. The van der Waals surface area contributed by atoms with Crippen LogP contribution in [0, 0.1) is 0 Å². The third kappa shape index (κ3) is 1.97. The zero-order valence-corrected chi connectivity index (χ0v) is 11.2. The van der Waals surface area contributed by atoms with Crippen LogP contribution in [0.4, 0.5) is 5.82 Å². The van der Waals surface area contributed by atoms with Crippen LogP contribution in [0.5, 0.6) is 0 Å². The minimum atomic E-state index is 0.279. The van der Waals surface area contributed by atoms with Gasteiger partial charge in [-0.15, -0.1) is 0 Å². The highest BCUT2D eigenvalue weighted by molar-refractivity contribution is 5.79. The highest BCUT2D eigenvalue weighted by Crippen LogP contribution is 2.26. The number of aromatic nitrogens is 3. The van der Waals surface area contributed by atoms with Crippen LogP contribution in [0.3, 0.4) is 0 Å². The summed E-state index contributed by atoms with van der Waals surface area (Å²) in [7, 11) is 1.82. The van der Waals surface area contributed by atoms with E-state index in [9.17, 15) is 0 Å². The van der Waals surface area contributed by atoms with Gasteiger partial charge in [-0.05, 0) is 18.2 Å². The van der Waals surface area contributed by atoms with Crippen LogP contribution in [-0.2, 0) is 7.05 Å². The van der Waals surface area contributed by atoms with E-state index in [1.54, 1.807) is 4.68 Å². The van der Waals surface area contributed by atoms with Crippen molar-refractivity contribution in [3.8, 4) is 11.3 Å². The number of nitrogens with two attached hydrogens (primary N) is 1. The Morgan fingerprint density at radius 3 is 2.68 bits per heavy atom. The van der Waals surface area contributed by atoms with Gasteiger partial charge in [-0.2, -0.15) is 5.10 Å². The molecule has 0 saturated heterocycles. The molecule has 0 bridgehead atoms. The van der Waals surface area contributed by atoms with Gasteiger partial charge in [0.15, 0.2) is 11.5 Å². The first-order valence-electron chi connectivity index (χ1n) is 6.25. The van der Waals surface area contributed by atoms with Gasteiger partial charge in [0.2, 0.25) is 0 Å². The Bertz CT molecular complexity index is 720. The molecular weight excluding hydrogens is 240 g/mol. The highest BCUT2D eigenvalue weighted by atomic mass is 16.3. The Labute approximate surface area is 111 Å². The first-order chi connectivity index (χ1) is 9.04. The Morgan fingerprint density at radius 1 is 1.26 bits per heavy atom. The van der Waals surface area contributed by atoms with Crippen LogP contribution < -0.4 is 5.73 Å². The topological polar surface area (TPSA) is 69.9 Å². The summed E-state index contributed by atoms with van der Waals surface area (Å²) in [5.74, 6) is 1.67.